The molecule has 3 aromatic rings. The second-order valence-corrected chi connectivity index (χ2v) is 6.54. The first-order valence-corrected chi connectivity index (χ1v) is 8.73. The van der Waals surface area contributed by atoms with Crippen molar-refractivity contribution in [1.82, 2.24) is 9.78 Å². The number of amides is 2. The minimum atomic E-state index is -0.550. The van der Waals surface area contributed by atoms with Gasteiger partial charge in [0.05, 0.1) is 0 Å². The number of nitrogens with one attached hydrogen (secondary N) is 2. The van der Waals surface area contributed by atoms with Crippen molar-refractivity contribution < 1.29 is 9.59 Å². The average Bonchev–Trinajstić information content (AvgIpc) is 3.11. The van der Waals surface area contributed by atoms with Crippen molar-refractivity contribution in [3.8, 4) is 0 Å². The van der Waals surface area contributed by atoms with E-state index in [1.165, 1.54) is 4.68 Å². The van der Waals surface area contributed by atoms with Crippen molar-refractivity contribution in [3.05, 3.63) is 77.6 Å². The van der Waals surface area contributed by atoms with Crippen LogP contribution in [0.4, 0.5) is 11.4 Å². The van der Waals surface area contributed by atoms with Gasteiger partial charge in [-0.15, -0.1) is 0 Å². The first-order valence-electron chi connectivity index (χ1n) is 8.73. The van der Waals surface area contributed by atoms with Gasteiger partial charge in [-0.1, -0.05) is 24.3 Å². The van der Waals surface area contributed by atoms with Crippen molar-refractivity contribution in [3.63, 3.8) is 0 Å². The molecule has 1 unspecified atom stereocenters. The maximum atomic E-state index is 12.5. The van der Waals surface area contributed by atoms with Crippen LogP contribution in [0.15, 0.2) is 60.8 Å². The fourth-order valence-corrected chi connectivity index (χ4v) is 2.68. The Balaban J connectivity index is 1.67. The van der Waals surface area contributed by atoms with Gasteiger partial charge in [0.1, 0.15) is 6.04 Å². The standard InChI is InChI=1S/C21H22N4O2/c1-14-6-4-8-17(12-14)22-20(26)16(3)25-11-10-19(24-25)21(27)23-18-9-5-7-15(2)13-18/h4-13,16H,1-3H3,(H,22,26)(H,23,27). The van der Waals surface area contributed by atoms with Gasteiger partial charge in [0.2, 0.25) is 5.91 Å². The van der Waals surface area contributed by atoms with E-state index >= 15 is 0 Å². The van der Waals surface area contributed by atoms with Crippen LogP contribution in [0.1, 0.15) is 34.6 Å². The molecular weight excluding hydrogens is 340 g/mol. The molecule has 0 saturated heterocycles. The normalized spacial score (nSPS) is 11.7. The molecule has 6 nitrogen and oxygen atoms in total. The summed E-state index contributed by atoms with van der Waals surface area (Å²) in [6.45, 7) is 5.66. The van der Waals surface area contributed by atoms with Crippen LogP contribution in [0.25, 0.3) is 0 Å². The van der Waals surface area contributed by atoms with Gasteiger partial charge in [-0.25, -0.2) is 0 Å². The Morgan fingerprint density at radius 3 is 2.11 bits per heavy atom. The molecule has 0 aliphatic carbocycles. The fourth-order valence-electron chi connectivity index (χ4n) is 2.68. The lowest BCUT2D eigenvalue weighted by molar-refractivity contribution is -0.119. The van der Waals surface area contributed by atoms with Crippen LogP contribution >= 0.6 is 0 Å². The number of aromatic nitrogens is 2. The summed E-state index contributed by atoms with van der Waals surface area (Å²) in [5.74, 6) is -0.514. The van der Waals surface area contributed by atoms with Crippen molar-refractivity contribution in [2.75, 3.05) is 10.6 Å². The molecule has 0 fully saturated rings. The Labute approximate surface area is 158 Å². The molecule has 138 valence electrons. The topological polar surface area (TPSA) is 76.0 Å². The molecule has 2 amide bonds. The van der Waals surface area contributed by atoms with Crippen LogP contribution in [-0.4, -0.2) is 21.6 Å². The number of rotatable bonds is 5. The van der Waals surface area contributed by atoms with E-state index in [1.54, 1.807) is 19.2 Å². The molecule has 0 aliphatic rings. The highest BCUT2D eigenvalue weighted by Crippen LogP contribution is 2.15. The van der Waals surface area contributed by atoms with Crippen molar-refractivity contribution in [1.29, 1.82) is 0 Å². The van der Waals surface area contributed by atoms with Gasteiger partial charge in [0, 0.05) is 17.6 Å². The summed E-state index contributed by atoms with van der Waals surface area (Å²) < 4.78 is 1.48. The largest absolute Gasteiger partial charge is 0.324 e. The maximum absolute atomic E-state index is 12.5. The third-order valence-electron chi connectivity index (χ3n) is 4.18. The van der Waals surface area contributed by atoms with Gasteiger partial charge in [-0.3, -0.25) is 14.3 Å². The zero-order valence-corrected chi connectivity index (χ0v) is 15.6. The highest BCUT2D eigenvalue weighted by atomic mass is 16.2. The number of nitrogens with zero attached hydrogens (tertiary/aromatic N) is 2. The van der Waals surface area contributed by atoms with E-state index < -0.39 is 6.04 Å². The summed E-state index contributed by atoms with van der Waals surface area (Å²) in [6.07, 6.45) is 1.63. The highest BCUT2D eigenvalue weighted by Gasteiger charge is 2.18. The second kappa shape index (κ2) is 7.86. The van der Waals surface area contributed by atoms with Crippen LogP contribution in [-0.2, 0) is 4.79 Å². The molecule has 1 aromatic heterocycles. The van der Waals surface area contributed by atoms with Crippen molar-refractivity contribution >= 4 is 23.2 Å². The van der Waals surface area contributed by atoms with Crippen LogP contribution in [0, 0.1) is 13.8 Å². The quantitative estimate of drug-likeness (QED) is 0.721. The lowest BCUT2D eigenvalue weighted by Gasteiger charge is -2.13. The Hall–Kier alpha value is -3.41. The van der Waals surface area contributed by atoms with Gasteiger partial charge < -0.3 is 10.6 Å². The van der Waals surface area contributed by atoms with E-state index in [9.17, 15) is 9.59 Å². The Bertz CT molecular complexity index is 978. The van der Waals surface area contributed by atoms with Crippen LogP contribution in [0.2, 0.25) is 0 Å². The van der Waals surface area contributed by atoms with E-state index in [0.29, 0.717) is 5.69 Å². The van der Waals surface area contributed by atoms with Crippen molar-refractivity contribution in [2.24, 2.45) is 0 Å². The highest BCUT2D eigenvalue weighted by molar-refractivity contribution is 6.03. The number of carbonyl (C=O) groups is 2. The molecule has 0 radical (unpaired) electrons. The molecule has 0 aliphatic heterocycles. The van der Waals surface area contributed by atoms with E-state index in [1.807, 2.05) is 62.4 Å². The SMILES string of the molecule is Cc1cccc(NC(=O)c2ccn(C(C)C(=O)Nc3cccc(C)c3)n2)c1. The van der Waals surface area contributed by atoms with Gasteiger partial charge in [0.15, 0.2) is 5.69 Å². The lowest BCUT2D eigenvalue weighted by atomic mass is 10.2. The Morgan fingerprint density at radius 2 is 1.52 bits per heavy atom. The van der Waals surface area contributed by atoms with E-state index in [4.69, 9.17) is 0 Å². The Morgan fingerprint density at radius 1 is 0.926 bits per heavy atom. The zero-order chi connectivity index (χ0) is 19.4. The van der Waals surface area contributed by atoms with Crippen LogP contribution < -0.4 is 10.6 Å². The minimum absolute atomic E-state index is 0.200. The summed E-state index contributed by atoms with van der Waals surface area (Å²) in [5, 5.41) is 9.93. The third-order valence-corrected chi connectivity index (χ3v) is 4.18. The smallest absolute Gasteiger partial charge is 0.276 e. The lowest BCUT2D eigenvalue weighted by Crippen LogP contribution is -2.24. The summed E-state index contributed by atoms with van der Waals surface area (Å²) in [5.41, 5.74) is 3.82. The molecular formula is C21H22N4O2. The van der Waals surface area contributed by atoms with E-state index in [0.717, 1.165) is 16.8 Å². The number of hydrogen-bond donors (Lipinski definition) is 2. The summed E-state index contributed by atoms with van der Waals surface area (Å²) in [7, 11) is 0. The van der Waals surface area contributed by atoms with Gasteiger partial charge in [-0.2, -0.15) is 5.10 Å². The summed E-state index contributed by atoms with van der Waals surface area (Å²) in [6, 6.07) is 16.2. The molecule has 1 atom stereocenters. The molecule has 2 N–H and O–H groups in total. The molecule has 0 saturated carbocycles. The molecule has 27 heavy (non-hydrogen) atoms. The van der Waals surface area contributed by atoms with Crippen LogP contribution in [0.5, 0.6) is 0 Å². The van der Waals surface area contributed by atoms with Gasteiger partial charge in [0.25, 0.3) is 5.91 Å². The minimum Gasteiger partial charge on any atom is -0.324 e. The first kappa shape index (κ1) is 18.4. The Kier molecular flexibility index (Phi) is 5.35. The second-order valence-electron chi connectivity index (χ2n) is 6.54. The third kappa shape index (κ3) is 4.61. The predicted molar refractivity (Wildman–Crippen MR) is 106 cm³/mol. The monoisotopic (exact) mass is 362 g/mol. The molecule has 1 heterocycles. The number of anilines is 2. The molecule has 0 spiro atoms. The van der Waals surface area contributed by atoms with Crippen molar-refractivity contribution in [2.45, 2.75) is 26.8 Å². The molecule has 6 heteroatoms. The fraction of sp³-hybridized carbons (Fsp3) is 0.190. The maximum Gasteiger partial charge on any atom is 0.276 e. The average molecular weight is 362 g/mol. The zero-order valence-electron chi connectivity index (χ0n) is 15.6. The number of aryl methyl sites for hydroxylation is 2. The van der Waals surface area contributed by atoms with Crippen LogP contribution in [0.3, 0.4) is 0 Å². The number of carbonyl (C=O) groups excluding carboxylic acids is 2. The summed E-state index contributed by atoms with van der Waals surface area (Å²) in [4.78, 5) is 24.8. The number of benzene rings is 2. The predicted octanol–water partition coefficient (Wildman–Crippen LogP) is 3.95. The van der Waals surface area contributed by atoms with Gasteiger partial charge >= 0.3 is 0 Å². The molecule has 2 aromatic carbocycles. The van der Waals surface area contributed by atoms with E-state index in [2.05, 4.69) is 15.7 Å². The van der Waals surface area contributed by atoms with E-state index in [-0.39, 0.29) is 17.5 Å². The summed E-state index contributed by atoms with van der Waals surface area (Å²) >= 11 is 0. The molecule has 3 rings (SSSR count). The molecule has 0 bridgehead atoms. The van der Waals surface area contributed by atoms with Gasteiger partial charge in [-0.05, 0) is 62.2 Å². The first-order chi connectivity index (χ1) is 12.9. The number of hydrogen-bond acceptors (Lipinski definition) is 3.